The van der Waals surface area contributed by atoms with Gasteiger partial charge in [0.15, 0.2) is 9.84 Å². The first-order valence-corrected chi connectivity index (χ1v) is 8.85. The van der Waals surface area contributed by atoms with E-state index < -0.39 is 9.84 Å². The number of thiazole rings is 1. The smallest absolute Gasteiger partial charge is 0.179 e. The van der Waals surface area contributed by atoms with Gasteiger partial charge in [-0.2, -0.15) is 0 Å². The van der Waals surface area contributed by atoms with Crippen LogP contribution in [0.2, 0.25) is 0 Å². The van der Waals surface area contributed by atoms with E-state index in [0.717, 1.165) is 15.6 Å². The van der Waals surface area contributed by atoms with Crippen molar-refractivity contribution in [2.24, 2.45) is 0 Å². The third-order valence-electron chi connectivity index (χ3n) is 2.86. The maximum absolute atomic E-state index is 11.8. The minimum Gasteiger partial charge on any atom is -0.362 e. The van der Waals surface area contributed by atoms with Gasteiger partial charge in [-0.05, 0) is 32.9 Å². The first-order valence-electron chi connectivity index (χ1n) is 6.14. The van der Waals surface area contributed by atoms with E-state index in [1.54, 1.807) is 29.7 Å². The van der Waals surface area contributed by atoms with Crippen LogP contribution in [0, 0.1) is 13.8 Å². The molecule has 1 unspecified atom stereocenters. The summed E-state index contributed by atoms with van der Waals surface area (Å²) < 4.78 is 23.5. The fourth-order valence-electron chi connectivity index (χ4n) is 2.02. The second-order valence-electron chi connectivity index (χ2n) is 4.67. The molecule has 20 heavy (non-hydrogen) atoms. The summed E-state index contributed by atoms with van der Waals surface area (Å²) in [6.45, 7) is 5.88. The lowest BCUT2D eigenvalue weighted by Crippen LogP contribution is -2.11. The van der Waals surface area contributed by atoms with E-state index in [1.807, 2.05) is 20.8 Å². The number of aromatic nitrogens is 2. The quantitative estimate of drug-likeness (QED) is 0.940. The third kappa shape index (κ3) is 3.16. The number of rotatable bonds is 4. The topological polar surface area (TPSA) is 72.0 Å². The summed E-state index contributed by atoms with van der Waals surface area (Å²) in [6.07, 6.45) is 2.76. The van der Waals surface area contributed by atoms with Gasteiger partial charge in [0, 0.05) is 17.3 Å². The second kappa shape index (κ2) is 5.49. The van der Waals surface area contributed by atoms with Crippen LogP contribution >= 0.6 is 11.3 Å². The van der Waals surface area contributed by atoms with E-state index in [2.05, 4.69) is 15.3 Å². The van der Waals surface area contributed by atoms with Gasteiger partial charge in [0.25, 0.3) is 0 Å². The molecule has 2 aromatic rings. The number of nitrogens with zero attached hydrogens (tertiary/aromatic N) is 2. The molecular formula is C13H17N3O2S2. The molecule has 1 N–H and O–H groups in total. The van der Waals surface area contributed by atoms with Gasteiger partial charge >= 0.3 is 0 Å². The van der Waals surface area contributed by atoms with Crippen molar-refractivity contribution in [1.82, 2.24) is 9.97 Å². The Kier molecular flexibility index (Phi) is 4.10. The lowest BCUT2D eigenvalue weighted by molar-refractivity contribution is 0.601. The Labute approximate surface area is 123 Å². The van der Waals surface area contributed by atoms with Crippen LogP contribution in [0.15, 0.2) is 23.2 Å². The van der Waals surface area contributed by atoms with E-state index in [4.69, 9.17) is 0 Å². The minimum atomic E-state index is -3.30. The largest absolute Gasteiger partial charge is 0.362 e. The van der Waals surface area contributed by atoms with Gasteiger partial charge < -0.3 is 5.32 Å². The number of pyridine rings is 1. The molecule has 0 saturated heterocycles. The lowest BCUT2D eigenvalue weighted by Gasteiger charge is -2.15. The molecule has 0 fully saturated rings. The van der Waals surface area contributed by atoms with E-state index in [9.17, 15) is 8.42 Å². The number of aryl methyl sites for hydroxylation is 2. The van der Waals surface area contributed by atoms with Gasteiger partial charge in [-0.3, -0.25) is 0 Å². The van der Waals surface area contributed by atoms with E-state index >= 15 is 0 Å². The standard InChI is InChI=1S/C13H17N3O2S2/c1-8-12(19-10(3)15-8)9(2)16-13-11(20(4,17)18)6-5-7-14-13/h5-7,9H,1-4H3,(H,14,16). The number of sulfone groups is 1. The van der Waals surface area contributed by atoms with Gasteiger partial charge in [-0.15, -0.1) is 11.3 Å². The molecular weight excluding hydrogens is 294 g/mol. The molecule has 2 rings (SSSR count). The number of hydrogen-bond donors (Lipinski definition) is 1. The van der Waals surface area contributed by atoms with Crippen LogP contribution in [0.25, 0.3) is 0 Å². The second-order valence-corrected chi connectivity index (χ2v) is 7.89. The minimum absolute atomic E-state index is 0.0448. The Bertz CT molecular complexity index is 723. The van der Waals surface area contributed by atoms with Gasteiger partial charge in [-0.1, -0.05) is 0 Å². The normalized spacial score (nSPS) is 13.2. The van der Waals surface area contributed by atoms with Crippen molar-refractivity contribution in [1.29, 1.82) is 0 Å². The lowest BCUT2D eigenvalue weighted by atomic mass is 10.2. The van der Waals surface area contributed by atoms with Crippen molar-refractivity contribution < 1.29 is 8.42 Å². The summed E-state index contributed by atoms with van der Waals surface area (Å²) in [5.74, 6) is 0.382. The SMILES string of the molecule is Cc1nc(C)c(C(C)Nc2ncccc2S(C)(=O)=O)s1. The molecule has 0 aromatic carbocycles. The Morgan fingerprint density at radius 1 is 1.35 bits per heavy atom. The summed E-state index contributed by atoms with van der Waals surface area (Å²) in [7, 11) is -3.30. The van der Waals surface area contributed by atoms with Crippen molar-refractivity contribution in [2.75, 3.05) is 11.6 Å². The average molecular weight is 311 g/mol. The monoisotopic (exact) mass is 311 g/mol. The van der Waals surface area contributed by atoms with E-state index in [1.165, 1.54) is 6.26 Å². The average Bonchev–Trinajstić information content (AvgIpc) is 2.68. The zero-order valence-electron chi connectivity index (χ0n) is 11.8. The molecule has 7 heteroatoms. The molecule has 0 amide bonds. The highest BCUT2D eigenvalue weighted by Crippen LogP contribution is 2.28. The van der Waals surface area contributed by atoms with Gasteiger partial charge in [-0.25, -0.2) is 18.4 Å². The molecule has 0 spiro atoms. The van der Waals surface area contributed by atoms with Crippen LogP contribution in [-0.4, -0.2) is 24.6 Å². The summed E-state index contributed by atoms with van der Waals surface area (Å²) in [4.78, 5) is 9.83. The van der Waals surface area contributed by atoms with Crippen molar-refractivity contribution in [3.8, 4) is 0 Å². The number of hydrogen-bond acceptors (Lipinski definition) is 6. The fourth-order valence-corrected chi connectivity index (χ4v) is 3.74. The molecule has 1 atom stereocenters. The van der Waals surface area contributed by atoms with Crippen LogP contribution in [-0.2, 0) is 9.84 Å². The zero-order valence-corrected chi connectivity index (χ0v) is 13.5. The molecule has 0 aliphatic rings. The Hall–Kier alpha value is -1.47. The van der Waals surface area contributed by atoms with Crippen molar-refractivity contribution in [3.63, 3.8) is 0 Å². The Morgan fingerprint density at radius 2 is 2.05 bits per heavy atom. The maximum atomic E-state index is 11.8. The van der Waals surface area contributed by atoms with Gasteiger partial charge in [0.2, 0.25) is 0 Å². The Morgan fingerprint density at radius 3 is 2.60 bits per heavy atom. The maximum Gasteiger partial charge on any atom is 0.179 e. The predicted octanol–water partition coefficient (Wildman–Crippen LogP) is 2.73. The highest BCUT2D eigenvalue weighted by atomic mass is 32.2. The fraction of sp³-hybridized carbons (Fsp3) is 0.385. The zero-order chi connectivity index (χ0) is 14.9. The third-order valence-corrected chi connectivity index (χ3v) is 5.24. The summed E-state index contributed by atoms with van der Waals surface area (Å²) in [5.41, 5.74) is 0.962. The number of nitrogens with one attached hydrogen (secondary N) is 1. The van der Waals surface area contributed by atoms with Crippen LogP contribution in [0.4, 0.5) is 5.82 Å². The molecule has 108 valence electrons. The van der Waals surface area contributed by atoms with Crippen LogP contribution in [0.3, 0.4) is 0 Å². The van der Waals surface area contributed by atoms with E-state index in [0.29, 0.717) is 5.82 Å². The summed E-state index contributed by atoms with van der Waals surface area (Å²) >= 11 is 1.60. The van der Waals surface area contributed by atoms with Crippen LogP contribution in [0.1, 0.15) is 28.5 Å². The molecule has 0 bridgehead atoms. The van der Waals surface area contributed by atoms with Crippen molar-refractivity contribution >= 4 is 27.0 Å². The molecule has 2 heterocycles. The molecule has 0 radical (unpaired) electrons. The van der Waals surface area contributed by atoms with Crippen LogP contribution in [0.5, 0.6) is 0 Å². The number of anilines is 1. The Balaban J connectivity index is 2.34. The van der Waals surface area contributed by atoms with Crippen molar-refractivity contribution in [2.45, 2.75) is 31.7 Å². The van der Waals surface area contributed by atoms with E-state index in [-0.39, 0.29) is 10.9 Å². The molecule has 0 aliphatic heterocycles. The van der Waals surface area contributed by atoms with Crippen molar-refractivity contribution in [3.05, 3.63) is 33.9 Å². The van der Waals surface area contributed by atoms with Gasteiger partial charge in [0.1, 0.15) is 10.7 Å². The highest BCUT2D eigenvalue weighted by molar-refractivity contribution is 7.90. The first kappa shape index (κ1) is 14.9. The summed E-state index contributed by atoms with van der Waals surface area (Å²) in [5, 5.41) is 4.16. The summed E-state index contributed by atoms with van der Waals surface area (Å²) in [6, 6.07) is 3.13. The van der Waals surface area contributed by atoms with Gasteiger partial charge in [0.05, 0.1) is 16.7 Å². The molecule has 0 aliphatic carbocycles. The predicted molar refractivity (Wildman–Crippen MR) is 81.0 cm³/mol. The first-order chi connectivity index (χ1) is 9.29. The molecule has 2 aromatic heterocycles. The highest BCUT2D eigenvalue weighted by Gasteiger charge is 2.18. The molecule has 0 saturated carbocycles. The van der Waals surface area contributed by atoms with Crippen LogP contribution < -0.4 is 5.32 Å². The molecule has 5 nitrogen and oxygen atoms in total.